The molecule has 4 rings (SSSR count). The van der Waals surface area contributed by atoms with Crippen molar-refractivity contribution in [2.45, 2.75) is 23.8 Å². The number of nitrogens with zero attached hydrogens (tertiary/aromatic N) is 5. The molecule has 154 valence electrons. The quantitative estimate of drug-likeness (QED) is 0.670. The third kappa shape index (κ3) is 3.92. The minimum Gasteiger partial charge on any atom is -0.351 e. The summed E-state index contributed by atoms with van der Waals surface area (Å²) in [5, 5.41) is 5.51. The summed E-state index contributed by atoms with van der Waals surface area (Å²) >= 11 is 1.49. The van der Waals surface area contributed by atoms with E-state index in [2.05, 4.69) is 15.0 Å². The first-order valence-corrected chi connectivity index (χ1v) is 11.9. The van der Waals surface area contributed by atoms with Gasteiger partial charge < -0.3 is 15.5 Å². The van der Waals surface area contributed by atoms with Crippen LogP contribution in [0.5, 0.6) is 0 Å². The zero-order valence-corrected chi connectivity index (χ0v) is 17.8. The average Bonchev–Trinajstić information content (AvgIpc) is 3.26. The zero-order chi connectivity index (χ0) is 20.8. The Hall–Kier alpha value is -2.66. The molecule has 9 nitrogen and oxygen atoms in total. The number of anilines is 1. The lowest BCUT2D eigenvalue weighted by molar-refractivity contribution is 0.190. The van der Waals surface area contributed by atoms with Crippen LogP contribution < -0.4 is 10.6 Å². The molecule has 29 heavy (non-hydrogen) atoms. The van der Waals surface area contributed by atoms with Gasteiger partial charge in [0.15, 0.2) is 9.84 Å². The van der Waals surface area contributed by atoms with Gasteiger partial charge >= 0.3 is 6.03 Å². The molecule has 3 aromatic rings. The van der Waals surface area contributed by atoms with E-state index in [1.807, 2.05) is 13.2 Å². The van der Waals surface area contributed by atoms with Crippen LogP contribution in [0.1, 0.15) is 12.8 Å². The van der Waals surface area contributed by atoms with Crippen LogP contribution in [0.4, 0.5) is 9.93 Å². The Morgan fingerprint density at radius 3 is 2.45 bits per heavy atom. The maximum Gasteiger partial charge on any atom is 0.314 e. The number of primary amides is 1. The Morgan fingerprint density at radius 1 is 1.24 bits per heavy atom. The number of rotatable bonds is 4. The first-order chi connectivity index (χ1) is 13.7. The summed E-state index contributed by atoms with van der Waals surface area (Å²) in [7, 11) is -1.21. The summed E-state index contributed by atoms with van der Waals surface area (Å²) in [6.45, 7) is 1.31. The molecule has 0 spiro atoms. The Labute approximate surface area is 172 Å². The summed E-state index contributed by atoms with van der Waals surface area (Å²) in [6, 6.07) is 6.61. The summed E-state index contributed by atoms with van der Waals surface area (Å²) in [6.07, 6.45) is 4.72. The van der Waals surface area contributed by atoms with Gasteiger partial charge in [0.2, 0.25) is 10.1 Å². The number of aromatic nitrogens is 3. The third-order valence-corrected chi connectivity index (χ3v) is 7.38. The van der Waals surface area contributed by atoms with Crippen LogP contribution in [-0.2, 0) is 9.84 Å². The number of fused-ring (bicyclic) bond motifs is 1. The molecule has 0 saturated carbocycles. The Bertz CT molecular complexity index is 1110. The number of amides is 2. The Kier molecular flexibility index (Phi) is 4.95. The van der Waals surface area contributed by atoms with Gasteiger partial charge in [0.05, 0.1) is 16.8 Å². The van der Waals surface area contributed by atoms with Crippen molar-refractivity contribution in [2.24, 2.45) is 5.73 Å². The van der Waals surface area contributed by atoms with Crippen molar-refractivity contribution >= 4 is 37.3 Å². The standard InChI is InChI=1S/C18H22N6O3S2/c1-22(13-7-9-23(10-8-13)16(19)25)18-21-24-11-15(20-17(24)28-18)12-3-5-14(6-4-12)29(2,26)27/h3-6,11,13H,7-10H2,1-2H3,(H2,19,25). The molecule has 0 unspecified atom stereocenters. The molecule has 3 heterocycles. The minimum atomic E-state index is -3.22. The second-order valence-corrected chi connectivity index (χ2v) is 10.2. The van der Waals surface area contributed by atoms with Crippen LogP contribution in [0, 0.1) is 0 Å². The van der Waals surface area contributed by atoms with Gasteiger partial charge in [-0.2, -0.15) is 0 Å². The van der Waals surface area contributed by atoms with E-state index in [0.717, 1.165) is 34.2 Å². The number of imidazole rings is 1. The number of hydrogen-bond donors (Lipinski definition) is 1. The van der Waals surface area contributed by atoms with Crippen LogP contribution in [-0.4, -0.2) is 66.4 Å². The lowest BCUT2D eigenvalue weighted by atomic mass is 10.0. The third-order valence-electron chi connectivity index (χ3n) is 5.24. The van der Waals surface area contributed by atoms with Crippen LogP contribution in [0.2, 0.25) is 0 Å². The van der Waals surface area contributed by atoms with E-state index >= 15 is 0 Å². The molecule has 11 heteroatoms. The van der Waals surface area contributed by atoms with Crippen molar-refractivity contribution in [2.75, 3.05) is 31.3 Å². The highest BCUT2D eigenvalue weighted by Gasteiger charge is 2.26. The van der Waals surface area contributed by atoms with Crippen molar-refractivity contribution in [1.29, 1.82) is 0 Å². The number of hydrogen-bond acceptors (Lipinski definition) is 7. The first-order valence-electron chi connectivity index (χ1n) is 9.16. The highest BCUT2D eigenvalue weighted by Crippen LogP contribution is 2.29. The number of nitrogens with two attached hydrogens (primary N) is 1. The number of benzene rings is 1. The highest BCUT2D eigenvalue weighted by atomic mass is 32.2. The number of sulfone groups is 1. The molecule has 2 aromatic heterocycles. The van der Waals surface area contributed by atoms with Gasteiger partial charge in [0.1, 0.15) is 0 Å². The maximum atomic E-state index is 11.6. The van der Waals surface area contributed by atoms with E-state index in [0.29, 0.717) is 19.1 Å². The summed E-state index contributed by atoms with van der Waals surface area (Å²) in [4.78, 5) is 20.8. The highest BCUT2D eigenvalue weighted by molar-refractivity contribution is 7.90. The fraction of sp³-hybridized carbons (Fsp3) is 0.389. The second-order valence-electron chi connectivity index (χ2n) is 7.20. The SMILES string of the molecule is CN(c1nn2cc(-c3ccc(S(C)(=O)=O)cc3)nc2s1)C1CCN(C(N)=O)CC1. The van der Waals surface area contributed by atoms with Crippen LogP contribution in [0.15, 0.2) is 35.4 Å². The zero-order valence-electron chi connectivity index (χ0n) is 16.1. The molecule has 1 fully saturated rings. The topological polar surface area (TPSA) is 114 Å². The molecule has 1 saturated heterocycles. The Balaban J connectivity index is 1.50. The summed E-state index contributed by atoms with van der Waals surface area (Å²) in [5.74, 6) is 0. The van der Waals surface area contributed by atoms with E-state index < -0.39 is 9.84 Å². The van der Waals surface area contributed by atoms with E-state index in [-0.39, 0.29) is 10.9 Å². The molecular weight excluding hydrogens is 412 g/mol. The number of carbonyl (C=O) groups is 1. The second kappa shape index (κ2) is 7.30. The van der Waals surface area contributed by atoms with Crippen LogP contribution >= 0.6 is 11.3 Å². The predicted octanol–water partition coefficient (Wildman–Crippen LogP) is 1.84. The molecule has 0 atom stereocenters. The fourth-order valence-electron chi connectivity index (χ4n) is 3.47. The van der Waals surface area contributed by atoms with Gasteiger partial charge in [-0.15, -0.1) is 5.10 Å². The fourth-order valence-corrected chi connectivity index (χ4v) is 5.02. The van der Waals surface area contributed by atoms with Crippen molar-refractivity contribution in [1.82, 2.24) is 19.5 Å². The number of piperidine rings is 1. The largest absolute Gasteiger partial charge is 0.351 e. The summed E-state index contributed by atoms with van der Waals surface area (Å²) < 4.78 is 25.0. The monoisotopic (exact) mass is 434 g/mol. The normalized spacial score (nSPS) is 15.7. The number of likely N-dealkylation sites (tertiary alicyclic amines) is 1. The van der Waals surface area contributed by atoms with Crippen molar-refractivity contribution < 1.29 is 13.2 Å². The smallest absolute Gasteiger partial charge is 0.314 e. The molecule has 0 bridgehead atoms. The number of carbonyl (C=O) groups excluding carboxylic acids is 1. The van der Waals surface area contributed by atoms with E-state index in [4.69, 9.17) is 5.73 Å². The molecule has 2 amide bonds. The van der Waals surface area contributed by atoms with Crippen molar-refractivity contribution in [3.8, 4) is 11.3 Å². The Morgan fingerprint density at radius 2 is 1.90 bits per heavy atom. The average molecular weight is 435 g/mol. The molecular formula is C18H22N6O3S2. The molecule has 0 aliphatic carbocycles. The van der Waals surface area contributed by atoms with Crippen molar-refractivity contribution in [3.63, 3.8) is 0 Å². The molecule has 1 aliphatic heterocycles. The van der Waals surface area contributed by atoms with Crippen molar-refractivity contribution in [3.05, 3.63) is 30.5 Å². The molecule has 2 N–H and O–H groups in total. The van der Waals surface area contributed by atoms with E-state index in [1.54, 1.807) is 33.7 Å². The predicted molar refractivity (Wildman–Crippen MR) is 112 cm³/mol. The molecule has 1 aliphatic rings. The molecule has 1 aromatic carbocycles. The lowest BCUT2D eigenvalue weighted by Gasteiger charge is -2.35. The van der Waals surface area contributed by atoms with E-state index in [9.17, 15) is 13.2 Å². The first kappa shape index (κ1) is 19.6. The van der Waals surface area contributed by atoms with Crippen LogP contribution in [0.25, 0.3) is 16.2 Å². The number of urea groups is 1. The van der Waals surface area contributed by atoms with Crippen LogP contribution in [0.3, 0.4) is 0 Å². The van der Waals surface area contributed by atoms with Gasteiger partial charge in [-0.3, -0.25) is 0 Å². The summed E-state index contributed by atoms with van der Waals surface area (Å²) in [5.41, 5.74) is 6.93. The van der Waals surface area contributed by atoms with Gasteiger partial charge in [-0.25, -0.2) is 22.7 Å². The maximum absolute atomic E-state index is 11.6. The lowest BCUT2D eigenvalue weighted by Crippen LogP contribution is -2.47. The van der Waals surface area contributed by atoms with E-state index in [1.165, 1.54) is 17.6 Å². The van der Waals surface area contributed by atoms with Gasteiger partial charge in [0, 0.05) is 38.0 Å². The van der Waals surface area contributed by atoms with Gasteiger partial charge in [0.25, 0.3) is 0 Å². The minimum absolute atomic E-state index is 0.284. The van der Waals surface area contributed by atoms with Gasteiger partial charge in [-0.05, 0) is 25.0 Å². The molecule has 0 radical (unpaired) electrons. The van der Waals surface area contributed by atoms with Gasteiger partial charge in [-0.1, -0.05) is 23.5 Å².